The Morgan fingerprint density at radius 3 is 2.58 bits per heavy atom. The van der Waals surface area contributed by atoms with Crippen LogP contribution in [-0.2, 0) is 4.74 Å². The predicted octanol–water partition coefficient (Wildman–Crippen LogP) is 2.23. The Bertz CT molecular complexity index is 305. The summed E-state index contributed by atoms with van der Waals surface area (Å²) in [6.45, 7) is 1.50. The number of rotatable bonds is 1. The van der Waals surface area contributed by atoms with Crippen molar-refractivity contribution in [1.82, 2.24) is 0 Å². The zero-order valence-corrected chi connectivity index (χ0v) is 8.04. The number of nitrogens with zero attached hydrogens (tertiary/aromatic N) is 1. The maximum absolute atomic E-state index is 5.31. The lowest BCUT2D eigenvalue weighted by Gasteiger charge is -2.00. The van der Waals surface area contributed by atoms with Gasteiger partial charge in [-0.05, 0) is 24.3 Å². The largest absolute Gasteiger partial charge is 0.476 e. The van der Waals surface area contributed by atoms with E-state index in [-0.39, 0.29) is 0 Å². The first kappa shape index (κ1) is 7.80. The van der Waals surface area contributed by atoms with Crippen molar-refractivity contribution in [3.63, 3.8) is 0 Å². The summed E-state index contributed by atoms with van der Waals surface area (Å²) in [6, 6.07) is 7.96. The molecule has 0 N–H and O–H groups in total. The zero-order chi connectivity index (χ0) is 8.39. The third-order valence-electron chi connectivity index (χ3n) is 1.68. The highest BCUT2D eigenvalue weighted by Gasteiger charge is 2.08. The predicted molar refractivity (Wildman–Crippen MR) is 51.5 cm³/mol. The molecule has 2 rings (SSSR count). The molecule has 12 heavy (non-hydrogen) atoms. The summed E-state index contributed by atoms with van der Waals surface area (Å²) in [5.74, 6) is 0.766. The molecule has 62 valence electrons. The second-order valence-electron chi connectivity index (χ2n) is 2.54. The second-order valence-corrected chi connectivity index (χ2v) is 3.46. The topological polar surface area (TPSA) is 21.6 Å². The van der Waals surface area contributed by atoms with Crippen molar-refractivity contribution < 1.29 is 4.74 Å². The van der Waals surface area contributed by atoms with Gasteiger partial charge in [0.05, 0.1) is 6.54 Å². The van der Waals surface area contributed by atoms with Gasteiger partial charge in [0.2, 0.25) is 5.90 Å². The smallest absolute Gasteiger partial charge is 0.216 e. The lowest BCUT2D eigenvalue weighted by atomic mass is 10.2. The molecule has 0 unspecified atom stereocenters. The average molecular weight is 226 g/mol. The van der Waals surface area contributed by atoms with Crippen molar-refractivity contribution >= 4 is 21.8 Å². The molecule has 0 saturated carbocycles. The Labute approximate surface area is 79.4 Å². The van der Waals surface area contributed by atoms with Gasteiger partial charge in [-0.2, -0.15) is 0 Å². The molecule has 1 aromatic rings. The van der Waals surface area contributed by atoms with Crippen LogP contribution in [0.15, 0.2) is 33.7 Å². The standard InChI is InChI=1S/C9H8BrNO/c10-8-3-1-7(2-4-8)9-11-5-6-12-9/h1-4H,5-6H2. The summed E-state index contributed by atoms with van der Waals surface area (Å²) in [5.41, 5.74) is 1.05. The van der Waals surface area contributed by atoms with Gasteiger partial charge in [-0.3, -0.25) is 0 Å². The van der Waals surface area contributed by atoms with E-state index in [9.17, 15) is 0 Å². The number of benzene rings is 1. The second kappa shape index (κ2) is 3.27. The first-order valence-electron chi connectivity index (χ1n) is 3.79. The summed E-state index contributed by atoms with van der Waals surface area (Å²) < 4.78 is 6.39. The quantitative estimate of drug-likeness (QED) is 0.719. The van der Waals surface area contributed by atoms with Crippen molar-refractivity contribution in [2.45, 2.75) is 0 Å². The summed E-state index contributed by atoms with van der Waals surface area (Å²) in [4.78, 5) is 4.21. The lowest BCUT2D eigenvalue weighted by molar-refractivity contribution is 0.348. The first-order valence-corrected chi connectivity index (χ1v) is 4.59. The molecule has 0 aromatic heterocycles. The number of aliphatic imine (C=N–C) groups is 1. The fourth-order valence-corrected chi connectivity index (χ4v) is 1.37. The van der Waals surface area contributed by atoms with Crippen LogP contribution < -0.4 is 0 Å². The van der Waals surface area contributed by atoms with Gasteiger partial charge in [-0.1, -0.05) is 15.9 Å². The molecule has 0 fully saturated rings. The number of halogens is 1. The maximum Gasteiger partial charge on any atom is 0.216 e. The van der Waals surface area contributed by atoms with E-state index in [1.807, 2.05) is 24.3 Å². The van der Waals surface area contributed by atoms with E-state index in [0.29, 0.717) is 6.61 Å². The van der Waals surface area contributed by atoms with Crippen LogP contribution in [0.5, 0.6) is 0 Å². The Hall–Kier alpha value is -0.830. The fraction of sp³-hybridized carbons (Fsp3) is 0.222. The monoisotopic (exact) mass is 225 g/mol. The van der Waals surface area contributed by atoms with Gasteiger partial charge in [-0.15, -0.1) is 0 Å². The van der Waals surface area contributed by atoms with Crippen LogP contribution in [0.25, 0.3) is 0 Å². The SMILES string of the molecule is Brc1ccc(C2=NCCO2)cc1. The molecule has 1 aliphatic heterocycles. The molecule has 0 saturated heterocycles. The summed E-state index contributed by atoms with van der Waals surface area (Å²) >= 11 is 3.37. The normalized spacial score (nSPS) is 15.6. The van der Waals surface area contributed by atoms with Crippen LogP contribution in [0.1, 0.15) is 5.56 Å². The highest BCUT2D eigenvalue weighted by atomic mass is 79.9. The summed E-state index contributed by atoms with van der Waals surface area (Å²) in [5, 5.41) is 0. The minimum Gasteiger partial charge on any atom is -0.476 e. The molecule has 0 aliphatic carbocycles. The summed E-state index contributed by atoms with van der Waals surface area (Å²) in [6.07, 6.45) is 0. The lowest BCUT2D eigenvalue weighted by Crippen LogP contribution is -1.99. The highest BCUT2D eigenvalue weighted by molar-refractivity contribution is 9.10. The number of hydrogen-bond acceptors (Lipinski definition) is 2. The van der Waals surface area contributed by atoms with E-state index < -0.39 is 0 Å². The molecule has 0 radical (unpaired) electrons. The third kappa shape index (κ3) is 1.50. The third-order valence-corrected chi connectivity index (χ3v) is 2.21. The van der Waals surface area contributed by atoms with Gasteiger partial charge in [0.15, 0.2) is 0 Å². The van der Waals surface area contributed by atoms with Crippen molar-refractivity contribution in [1.29, 1.82) is 0 Å². The van der Waals surface area contributed by atoms with Gasteiger partial charge in [-0.25, -0.2) is 4.99 Å². The van der Waals surface area contributed by atoms with Gasteiger partial charge in [0.25, 0.3) is 0 Å². The minimum absolute atomic E-state index is 0.714. The first-order chi connectivity index (χ1) is 5.86. The van der Waals surface area contributed by atoms with Gasteiger partial charge < -0.3 is 4.74 Å². The van der Waals surface area contributed by atoms with E-state index in [4.69, 9.17) is 4.74 Å². The molecule has 0 atom stereocenters. The minimum atomic E-state index is 0.714. The Morgan fingerprint density at radius 1 is 1.25 bits per heavy atom. The van der Waals surface area contributed by atoms with Crippen LogP contribution in [0.3, 0.4) is 0 Å². The molecule has 1 heterocycles. The Morgan fingerprint density at radius 2 is 2.00 bits per heavy atom. The molecule has 0 bridgehead atoms. The van der Waals surface area contributed by atoms with Crippen LogP contribution in [0.4, 0.5) is 0 Å². The molecular weight excluding hydrogens is 218 g/mol. The maximum atomic E-state index is 5.31. The van der Waals surface area contributed by atoms with Crippen molar-refractivity contribution in [2.24, 2.45) is 4.99 Å². The van der Waals surface area contributed by atoms with Crippen molar-refractivity contribution in [3.8, 4) is 0 Å². The Balaban J connectivity index is 2.28. The molecule has 0 spiro atoms. The highest BCUT2D eigenvalue weighted by Crippen LogP contribution is 2.13. The molecule has 0 amide bonds. The van der Waals surface area contributed by atoms with Gasteiger partial charge >= 0.3 is 0 Å². The van der Waals surface area contributed by atoms with E-state index in [0.717, 1.165) is 22.5 Å². The average Bonchev–Trinajstić information content (AvgIpc) is 2.58. The van der Waals surface area contributed by atoms with Crippen molar-refractivity contribution in [3.05, 3.63) is 34.3 Å². The zero-order valence-electron chi connectivity index (χ0n) is 6.46. The number of hydrogen-bond donors (Lipinski definition) is 0. The van der Waals surface area contributed by atoms with Gasteiger partial charge in [0, 0.05) is 10.0 Å². The van der Waals surface area contributed by atoms with Crippen molar-refractivity contribution in [2.75, 3.05) is 13.2 Å². The fourth-order valence-electron chi connectivity index (χ4n) is 1.10. The van der Waals surface area contributed by atoms with Crippen LogP contribution >= 0.6 is 15.9 Å². The summed E-state index contributed by atoms with van der Waals surface area (Å²) in [7, 11) is 0. The molecule has 2 nitrogen and oxygen atoms in total. The molecule has 3 heteroatoms. The van der Waals surface area contributed by atoms with E-state index in [2.05, 4.69) is 20.9 Å². The van der Waals surface area contributed by atoms with Crippen LogP contribution in [0.2, 0.25) is 0 Å². The van der Waals surface area contributed by atoms with E-state index in [1.165, 1.54) is 0 Å². The van der Waals surface area contributed by atoms with E-state index >= 15 is 0 Å². The van der Waals surface area contributed by atoms with Crippen LogP contribution in [-0.4, -0.2) is 19.0 Å². The van der Waals surface area contributed by atoms with Crippen LogP contribution in [0, 0.1) is 0 Å². The molecular formula is C9H8BrNO. The molecule has 1 aliphatic rings. The van der Waals surface area contributed by atoms with E-state index in [1.54, 1.807) is 0 Å². The van der Waals surface area contributed by atoms with Gasteiger partial charge in [0.1, 0.15) is 6.61 Å². The Kier molecular flexibility index (Phi) is 2.13. The molecule has 1 aromatic carbocycles. The number of ether oxygens (including phenoxy) is 1.